The highest BCUT2D eigenvalue weighted by Gasteiger charge is 2.24. The summed E-state index contributed by atoms with van der Waals surface area (Å²) < 4.78 is 6.79. The maximum Gasteiger partial charge on any atom is 0.263 e. The van der Waals surface area contributed by atoms with Gasteiger partial charge in [-0.15, -0.1) is 11.3 Å². The number of methoxy groups -OCH3 is 1. The minimum Gasteiger partial charge on any atom is -0.495 e. The molecule has 0 saturated heterocycles. The normalized spacial score (nSPS) is 12.0. The Labute approximate surface area is 196 Å². The molecule has 0 saturated carbocycles. The number of thiophene rings is 1. The van der Waals surface area contributed by atoms with Gasteiger partial charge in [0.05, 0.1) is 24.5 Å². The van der Waals surface area contributed by atoms with Crippen molar-refractivity contribution >= 4 is 33.1 Å². The van der Waals surface area contributed by atoms with E-state index < -0.39 is 6.04 Å². The summed E-state index contributed by atoms with van der Waals surface area (Å²) in [5.74, 6) is 0.275. The molecule has 1 unspecified atom stereocenters. The van der Waals surface area contributed by atoms with Gasteiger partial charge in [0.25, 0.3) is 5.56 Å². The van der Waals surface area contributed by atoms with E-state index in [0.717, 1.165) is 21.6 Å². The minimum atomic E-state index is -0.702. The fourth-order valence-corrected chi connectivity index (χ4v) is 5.06. The van der Waals surface area contributed by atoms with E-state index in [1.54, 1.807) is 19.2 Å². The minimum absolute atomic E-state index is 0.209. The first-order valence-corrected chi connectivity index (χ1v) is 11.7. The monoisotopic (exact) mass is 461 g/mol. The van der Waals surface area contributed by atoms with Gasteiger partial charge in [0, 0.05) is 10.4 Å². The molecule has 1 atom stereocenters. The van der Waals surface area contributed by atoms with Gasteiger partial charge in [0.2, 0.25) is 5.91 Å². The maximum atomic E-state index is 13.7. The van der Waals surface area contributed by atoms with Gasteiger partial charge in [0.1, 0.15) is 16.6 Å². The van der Waals surface area contributed by atoms with Crippen LogP contribution in [0.4, 0.5) is 5.69 Å². The van der Waals surface area contributed by atoms with Crippen LogP contribution in [0.1, 0.15) is 35.4 Å². The van der Waals surface area contributed by atoms with Crippen LogP contribution < -0.4 is 15.6 Å². The fourth-order valence-electron chi connectivity index (χ4n) is 4.05. The molecule has 1 N–H and O–H groups in total. The van der Waals surface area contributed by atoms with E-state index in [4.69, 9.17) is 4.74 Å². The molecule has 170 valence electrons. The molecule has 0 spiro atoms. The van der Waals surface area contributed by atoms with Gasteiger partial charge in [-0.1, -0.05) is 37.3 Å². The number of para-hydroxylation sites is 2. The number of benzene rings is 2. The smallest absolute Gasteiger partial charge is 0.263 e. The van der Waals surface area contributed by atoms with Crippen molar-refractivity contribution in [3.63, 3.8) is 0 Å². The summed E-state index contributed by atoms with van der Waals surface area (Å²) in [4.78, 5) is 33.2. The first kappa shape index (κ1) is 22.7. The van der Waals surface area contributed by atoms with Crippen LogP contribution in [-0.4, -0.2) is 22.6 Å². The Hall–Kier alpha value is -3.45. The molecule has 0 aliphatic carbocycles. The number of carbonyl (C=O) groups is 1. The number of fused-ring (bicyclic) bond motifs is 1. The summed E-state index contributed by atoms with van der Waals surface area (Å²) in [6.07, 6.45) is 1.93. The molecule has 7 heteroatoms. The summed E-state index contributed by atoms with van der Waals surface area (Å²) in [5, 5.41) is 3.46. The lowest BCUT2D eigenvalue weighted by Crippen LogP contribution is -2.33. The van der Waals surface area contributed by atoms with E-state index in [1.165, 1.54) is 27.8 Å². The lowest BCUT2D eigenvalue weighted by atomic mass is 9.99. The third-order valence-corrected chi connectivity index (χ3v) is 7.01. The van der Waals surface area contributed by atoms with E-state index in [2.05, 4.69) is 36.3 Å². The Kier molecular flexibility index (Phi) is 6.33. The summed E-state index contributed by atoms with van der Waals surface area (Å²) in [7, 11) is 1.55. The Bertz CT molecular complexity index is 1400. The molecule has 2 aromatic carbocycles. The highest BCUT2D eigenvalue weighted by atomic mass is 32.1. The van der Waals surface area contributed by atoms with Crippen LogP contribution in [0.3, 0.4) is 0 Å². The Morgan fingerprint density at radius 2 is 1.91 bits per heavy atom. The predicted octanol–water partition coefficient (Wildman–Crippen LogP) is 5.65. The van der Waals surface area contributed by atoms with Gasteiger partial charge in [-0.3, -0.25) is 14.2 Å². The number of aryl methyl sites for hydroxylation is 3. The lowest BCUT2D eigenvalue weighted by Gasteiger charge is -2.18. The van der Waals surface area contributed by atoms with Crippen molar-refractivity contribution in [2.24, 2.45) is 0 Å². The fraction of sp³-hybridized carbons (Fsp3) is 0.269. The number of anilines is 1. The lowest BCUT2D eigenvalue weighted by molar-refractivity contribution is -0.119. The van der Waals surface area contributed by atoms with Crippen LogP contribution in [0.5, 0.6) is 5.75 Å². The molecule has 4 aromatic rings. The van der Waals surface area contributed by atoms with Gasteiger partial charge in [-0.2, -0.15) is 0 Å². The molecule has 33 heavy (non-hydrogen) atoms. The SMILES string of the molecule is CCC(C(=O)Nc1ccccc1OC)n1cnc2sc(C)c(-c3ccc(C)c(C)c3)c2c1=O. The standard InChI is InChI=1S/C26H27N3O3S/c1-6-20(24(30)28-19-9-7-8-10-21(19)32-5)29-14-27-25-23(26(29)31)22(17(4)33-25)18-12-11-15(2)16(3)13-18/h7-14,20H,6H2,1-5H3,(H,28,30). The number of carbonyl (C=O) groups excluding carboxylic acids is 1. The molecule has 2 heterocycles. The van der Waals surface area contributed by atoms with Gasteiger partial charge in [0.15, 0.2) is 0 Å². The van der Waals surface area contributed by atoms with Crippen LogP contribution in [0.15, 0.2) is 53.6 Å². The van der Waals surface area contributed by atoms with Crippen molar-refractivity contribution in [1.82, 2.24) is 9.55 Å². The van der Waals surface area contributed by atoms with E-state index in [9.17, 15) is 9.59 Å². The quantitative estimate of drug-likeness (QED) is 0.403. The molecular formula is C26H27N3O3S. The average Bonchev–Trinajstić information content (AvgIpc) is 3.14. The van der Waals surface area contributed by atoms with Crippen LogP contribution in [0.2, 0.25) is 0 Å². The van der Waals surface area contributed by atoms with Gasteiger partial charge in [-0.25, -0.2) is 4.98 Å². The topological polar surface area (TPSA) is 73.2 Å². The Morgan fingerprint density at radius 3 is 2.61 bits per heavy atom. The van der Waals surface area contributed by atoms with Crippen molar-refractivity contribution < 1.29 is 9.53 Å². The predicted molar refractivity (Wildman–Crippen MR) is 134 cm³/mol. The Balaban J connectivity index is 1.80. The zero-order chi connectivity index (χ0) is 23.7. The van der Waals surface area contributed by atoms with Crippen molar-refractivity contribution in [2.45, 2.75) is 40.2 Å². The number of hydrogen-bond acceptors (Lipinski definition) is 5. The third-order valence-electron chi connectivity index (χ3n) is 6.00. The zero-order valence-corrected chi connectivity index (χ0v) is 20.2. The molecular weight excluding hydrogens is 434 g/mol. The number of ether oxygens (including phenoxy) is 1. The average molecular weight is 462 g/mol. The molecule has 2 aromatic heterocycles. The number of hydrogen-bond donors (Lipinski definition) is 1. The second kappa shape index (κ2) is 9.19. The van der Waals surface area contributed by atoms with Crippen LogP contribution in [0.25, 0.3) is 21.3 Å². The first-order chi connectivity index (χ1) is 15.8. The highest BCUT2D eigenvalue weighted by Crippen LogP contribution is 2.36. The van der Waals surface area contributed by atoms with Crippen molar-refractivity contribution in [3.05, 3.63) is 75.1 Å². The number of amides is 1. The highest BCUT2D eigenvalue weighted by molar-refractivity contribution is 7.19. The number of rotatable bonds is 6. The third kappa shape index (κ3) is 4.16. The summed E-state index contributed by atoms with van der Waals surface area (Å²) >= 11 is 1.50. The van der Waals surface area contributed by atoms with Crippen LogP contribution >= 0.6 is 11.3 Å². The molecule has 0 radical (unpaired) electrons. The molecule has 0 aliphatic rings. The van der Waals surface area contributed by atoms with E-state index in [0.29, 0.717) is 28.1 Å². The Morgan fingerprint density at radius 1 is 1.15 bits per heavy atom. The van der Waals surface area contributed by atoms with E-state index >= 15 is 0 Å². The molecule has 0 bridgehead atoms. The van der Waals surface area contributed by atoms with Crippen molar-refractivity contribution in [3.8, 4) is 16.9 Å². The summed E-state index contributed by atoms with van der Waals surface area (Å²) in [6.45, 7) is 8.02. The van der Waals surface area contributed by atoms with Crippen molar-refractivity contribution in [2.75, 3.05) is 12.4 Å². The van der Waals surface area contributed by atoms with E-state index in [1.807, 2.05) is 32.0 Å². The number of nitrogens with zero attached hydrogens (tertiary/aromatic N) is 2. The molecule has 1 amide bonds. The second-order valence-electron chi connectivity index (χ2n) is 8.08. The van der Waals surface area contributed by atoms with Crippen LogP contribution in [0, 0.1) is 20.8 Å². The number of aromatic nitrogens is 2. The van der Waals surface area contributed by atoms with Crippen LogP contribution in [-0.2, 0) is 4.79 Å². The molecule has 0 aliphatic heterocycles. The molecule has 4 rings (SSSR count). The summed E-state index contributed by atoms with van der Waals surface area (Å²) in [6, 6.07) is 12.7. The van der Waals surface area contributed by atoms with Gasteiger partial charge in [-0.05, 0) is 56.0 Å². The second-order valence-corrected chi connectivity index (χ2v) is 9.29. The van der Waals surface area contributed by atoms with Gasteiger partial charge < -0.3 is 10.1 Å². The maximum absolute atomic E-state index is 13.7. The molecule has 0 fully saturated rings. The zero-order valence-electron chi connectivity index (χ0n) is 19.4. The first-order valence-electron chi connectivity index (χ1n) is 10.9. The van der Waals surface area contributed by atoms with E-state index in [-0.39, 0.29) is 11.5 Å². The van der Waals surface area contributed by atoms with Crippen molar-refractivity contribution in [1.29, 1.82) is 0 Å². The molecule has 6 nitrogen and oxygen atoms in total. The van der Waals surface area contributed by atoms with Gasteiger partial charge >= 0.3 is 0 Å². The number of nitrogens with one attached hydrogen (secondary N) is 1. The summed E-state index contributed by atoms with van der Waals surface area (Å²) in [5.41, 5.74) is 4.60. The largest absolute Gasteiger partial charge is 0.495 e.